The topological polar surface area (TPSA) is 51.4 Å². The van der Waals surface area contributed by atoms with Crippen LogP contribution in [0.4, 0.5) is 0 Å². The van der Waals surface area contributed by atoms with Crippen LogP contribution in [0.2, 0.25) is 0 Å². The Hall–Kier alpha value is -3.01. The molecule has 3 aliphatic carbocycles. The highest BCUT2D eigenvalue weighted by atomic mass is 16.1. The van der Waals surface area contributed by atoms with Gasteiger partial charge in [-0.15, -0.1) is 0 Å². The van der Waals surface area contributed by atoms with Crippen LogP contribution in [0.25, 0.3) is 5.65 Å². The largest absolute Gasteiger partial charge is 0.307 e. The molecule has 1 fully saturated rings. The molecule has 0 aliphatic heterocycles. The predicted molar refractivity (Wildman–Crippen MR) is 126 cm³/mol. The minimum atomic E-state index is -0.234. The van der Waals surface area contributed by atoms with Crippen LogP contribution in [0.5, 0.6) is 0 Å². The van der Waals surface area contributed by atoms with E-state index in [2.05, 4.69) is 27.7 Å². The van der Waals surface area contributed by atoms with E-state index in [9.17, 15) is 9.59 Å². The van der Waals surface area contributed by atoms with Crippen LogP contribution >= 0.6 is 0 Å². The number of hydrogen-bond acceptors (Lipinski definition) is 3. The fourth-order valence-electron chi connectivity index (χ4n) is 5.22. The quantitative estimate of drug-likeness (QED) is 0.558. The summed E-state index contributed by atoms with van der Waals surface area (Å²) in [5.41, 5.74) is 4.58. The van der Waals surface area contributed by atoms with Crippen molar-refractivity contribution in [1.82, 2.24) is 9.38 Å². The molecular weight excluding hydrogens is 396 g/mol. The first kappa shape index (κ1) is 20.9. The molecule has 2 heterocycles. The van der Waals surface area contributed by atoms with Gasteiger partial charge in [-0.1, -0.05) is 62.5 Å². The Labute approximate surface area is 189 Å². The standard InChI is InChI=1S/C28H30N2O2/c31-26(23-16-22-10-3-4-11-25(22)27(32)17-23)14-13-24-19-30-18-21(12-15-28(30)29-24)9-5-8-20-6-1-2-7-20/h3-4,10-12,15-20,25H,1-2,5-9,13-14H2. The molecule has 164 valence electrons. The lowest BCUT2D eigenvalue weighted by Gasteiger charge is -2.19. The van der Waals surface area contributed by atoms with E-state index in [1.807, 2.05) is 36.6 Å². The van der Waals surface area contributed by atoms with Crippen LogP contribution in [0, 0.1) is 11.8 Å². The van der Waals surface area contributed by atoms with Gasteiger partial charge in [0, 0.05) is 24.4 Å². The second-order valence-corrected chi connectivity index (χ2v) is 9.37. The summed E-state index contributed by atoms with van der Waals surface area (Å²) in [7, 11) is 0. The van der Waals surface area contributed by atoms with E-state index in [1.54, 1.807) is 0 Å². The highest BCUT2D eigenvalue weighted by molar-refractivity contribution is 6.09. The van der Waals surface area contributed by atoms with E-state index >= 15 is 0 Å². The summed E-state index contributed by atoms with van der Waals surface area (Å²) in [5.74, 6) is 0.691. The molecule has 0 radical (unpaired) electrons. The Kier molecular flexibility index (Phi) is 6.02. The first-order valence-electron chi connectivity index (χ1n) is 12.0. The molecule has 0 bridgehead atoms. The highest BCUT2D eigenvalue weighted by Gasteiger charge is 2.25. The number of carbonyl (C=O) groups excluding carboxylic acids is 2. The van der Waals surface area contributed by atoms with Gasteiger partial charge in [-0.3, -0.25) is 9.59 Å². The number of carbonyl (C=O) groups is 2. The molecule has 3 aliphatic rings. The van der Waals surface area contributed by atoms with Gasteiger partial charge in [-0.05, 0) is 54.5 Å². The molecule has 0 saturated heterocycles. The average molecular weight is 427 g/mol. The summed E-state index contributed by atoms with van der Waals surface area (Å²) >= 11 is 0. The Morgan fingerprint density at radius 2 is 1.94 bits per heavy atom. The number of ketones is 2. The molecule has 4 heteroatoms. The molecule has 0 N–H and O–H groups in total. The number of rotatable bonds is 8. The van der Waals surface area contributed by atoms with Gasteiger partial charge in [0.15, 0.2) is 11.6 Å². The van der Waals surface area contributed by atoms with Crippen LogP contribution in [-0.2, 0) is 22.4 Å². The van der Waals surface area contributed by atoms with E-state index < -0.39 is 0 Å². The highest BCUT2D eigenvalue weighted by Crippen LogP contribution is 2.29. The summed E-state index contributed by atoms with van der Waals surface area (Å²) in [6.07, 6.45) is 25.4. The fourth-order valence-corrected chi connectivity index (χ4v) is 5.22. The Morgan fingerprint density at radius 1 is 1.06 bits per heavy atom. The fraction of sp³-hybridized carbons (Fsp3) is 0.393. The van der Waals surface area contributed by atoms with E-state index in [4.69, 9.17) is 0 Å². The SMILES string of the molecule is O=C(CCc1cn2cc(CCCC3CCCC3)ccc2n1)C1=CC(=O)C2C=CC=CC2=C1. The third-order valence-corrected chi connectivity index (χ3v) is 7.03. The number of pyridine rings is 1. The average Bonchev–Trinajstić information content (AvgIpc) is 3.47. The Morgan fingerprint density at radius 3 is 2.81 bits per heavy atom. The van der Waals surface area contributed by atoms with E-state index in [0.717, 1.165) is 29.3 Å². The lowest BCUT2D eigenvalue weighted by atomic mass is 9.83. The molecule has 2 aromatic rings. The summed E-state index contributed by atoms with van der Waals surface area (Å²) in [5, 5.41) is 0. The van der Waals surface area contributed by atoms with Gasteiger partial charge in [0.2, 0.25) is 0 Å². The Bertz CT molecular complexity index is 1160. The molecular formula is C28H30N2O2. The zero-order valence-electron chi connectivity index (χ0n) is 18.5. The van der Waals surface area contributed by atoms with Gasteiger partial charge in [-0.25, -0.2) is 4.98 Å². The van der Waals surface area contributed by atoms with E-state index in [0.29, 0.717) is 18.4 Å². The number of fused-ring (bicyclic) bond motifs is 2. The van der Waals surface area contributed by atoms with Crippen molar-refractivity contribution in [2.45, 2.75) is 57.8 Å². The van der Waals surface area contributed by atoms with Crippen molar-refractivity contribution in [2.24, 2.45) is 11.8 Å². The monoisotopic (exact) mass is 426 g/mol. The van der Waals surface area contributed by atoms with Crippen LogP contribution in [-0.4, -0.2) is 21.0 Å². The van der Waals surface area contributed by atoms with Gasteiger partial charge in [0.1, 0.15) is 5.65 Å². The van der Waals surface area contributed by atoms with Crippen LogP contribution in [0.15, 0.2) is 72.1 Å². The summed E-state index contributed by atoms with van der Waals surface area (Å²) < 4.78 is 2.08. The van der Waals surface area contributed by atoms with Crippen molar-refractivity contribution in [2.75, 3.05) is 0 Å². The maximum Gasteiger partial charge on any atom is 0.167 e. The van der Waals surface area contributed by atoms with Crippen molar-refractivity contribution in [3.63, 3.8) is 0 Å². The smallest absolute Gasteiger partial charge is 0.167 e. The summed E-state index contributed by atoms with van der Waals surface area (Å²) in [4.78, 5) is 29.8. The van der Waals surface area contributed by atoms with Gasteiger partial charge in [0.25, 0.3) is 0 Å². The molecule has 1 unspecified atom stereocenters. The third-order valence-electron chi connectivity index (χ3n) is 7.03. The number of allylic oxidation sites excluding steroid dienone is 8. The zero-order valence-corrected chi connectivity index (χ0v) is 18.5. The molecule has 0 amide bonds. The summed E-state index contributed by atoms with van der Waals surface area (Å²) in [6, 6.07) is 4.26. The van der Waals surface area contributed by atoms with E-state index in [-0.39, 0.29) is 17.5 Å². The third kappa shape index (κ3) is 4.59. The minimum absolute atomic E-state index is 0.00286. The molecule has 1 saturated carbocycles. The number of Topliss-reactive ketones (excluding diaryl/α,β-unsaturated/α-hetero) is 1. The van der Waals surface area contributed by atoms with Crippen molar-refractivity contribution in [1.29, 1.82) is 0 Å². The normalized spacial score (nSPS) is 20.5. The number of aromatic nitrogens is 2. The van der Waals surface area contributed by atoms with Crippen molar-refractivity contribution >= 4 is 17.2 Å². The molecule has 1 atom stereocenters. The maximum absolute atomic E-state index is 12.7. The lowest BCUT2D eigenvalue weighted by molar-refractivity contribution is -0.118. The molecule has 0 aromatic carbocycles. The number of imidazole rings is 1. The minimum Gasteiger partial charge on any atom is -0.307 e. The second-order valence-electron chi connectivity index (χ2n) is 9.37. The van der Waals surface area contributed by atoms with E-state index in [1.165, 1.54) is 50.2 Å². The van der Waals surface area contributed by atoms with Gasteiger partial charge < -0.3 is 4.40 Å². The predicted octanol–water partition coefficient (Wildman–Crippen LogP) is 5.53. The first-order chi connectivity index (χ1) is 15.7. The van der Waals surface area contributed by atoms with Gasteiger partial charge in [-0.2, -0.15) is 0 Å². The maximum atomic E-state index is 12.7. The van der Waals surface area contributed by atoms with Crippen LogP contribution < -0.4 is 0 Å². The molecule has 5 rings (SSSR count). The van der Waals surface area contributed by atoms with Crippen molar-refractivity contribution < 1.29 is 9.59 Å². The number of aryl methyl sites for hydroxylation is 2. The van der Waals surface area contributed by atoms with Crippen LogP contribution in [0.3, 0.4) is 0 Å². The zero-order chi connectivity index (χ0) is 21.9. The lowest BCUT2D eigenvalue weighted by Crippen LogP contribution is -2.19. The molecule has 32 heavy (non-hydrogen) atoms. The number of nitrogens with zero attached hydrogens (tertiary/aromatic N) is 2. The van der Waals surface area contributed by atoms with Gasteiger partial charge >= 0.3 is 0 Å². The van der Waals surface area contributed by atoms with Crippen LogP contribution in [0.1, 0.15) is 56.2 Å². The first-order valence-corrected chi connectivity index (χ1v) is 12.0. The van der Waals surface area contributed by atoms with Gasteiger partial charge in [0.05, 0.1) is 11.6 Å². The second kappa shape index (κ2) is 9.23. The van der Waals surface area contributed by atoms with Crippen molar-refractivity contribution in [3.8, 4) is 0 Å². The molecule has 4 nitrogen and oxygen atoms in total. The number of hydrogen-bond donors (Lipinski definition) is 0. The molecule has 2 aromatic heterocycles. The molecule has 0 spiro atoms. The summed E-state index contributed by atoms with van der Waals surface area (Å²) in [6.45, 7) is 0. The Balaban J connectivity index is 1.18. The van der Waals surface area contributed by atoms with Crippen molar-refractivity contribution in [3.05, 3.63) is 83.4 Å².